The van der Waals surface area contributed by atoms with Crippen molar-refractivity contribution in [3.63, 3.8) is 0 Å². The number of hydrogen-bond acceptors (Lipinski definition) is 6. The highest BCUT2D eigenvalue weighted by atomic mass is 35.5. The summed E-state index contributed by atoms with van der Waals surface area (Å²) in [5.41, 5.74) is 0.981. The van der Waals surface area contributed by atoms with Crippen LogP contribution >= 0.6 is 11.6 Å². The first-order valence-corrected chi connectivity index (χ1v) is 9.49. The van der Waals surface area contributed by atoms with E-state index in [0.717, 1.165) is 4.31 Å². The van der Waals surface area contributed by atoms with Gasteiger partial charge in [0.1, 0.15) is 23.4 Å². The van der Waals surface area contributed by atoms with Gasteiger partial charge in [-0.05, 0) is 41.6 Å². The van der Waals surface area contributed by atoms with Gasteiger partial charge in [-0.25, -0.2) is 12.7 Å². The maximum atomic E-state index is 12.3. The number of fused-ring (bicyclic) bond motifs is 1. The Morgan fingerprint density at radius 3 is 2.69 bits per heavy atom. The molecule has 138 valence electrons. The number of nitrogens with zero attached hydrogens (tertiary/aromatic N) is 4. The molecule has 0 amide bonds. The molecule has 0 aliphatic rings. The monoisotopic (exact) mass is 396 g/mol. The van der Waals surface area contributed by atoms with Crippen LogP contribution in [0.1, 0.15) is 0 Å². The van der Waals surface area contributed by atoms with E-state index >= 15 is 0 Å². The van der Waals surface area contributed by atoms with Gasteiger partial charge in [-0.15, -0.1) is 5.10 Å². The van der Waals surface area contributed by atoms with Crippen molar-refractivity contribution >= 4 is 32.7 Å². The van der Waals surface area contributed by atoms with Crippen LogP contribution in [0.4, 0.5) is 0 Å². The second-order valence-corrected chi connectivity index (χ2v) is 8.13. The SMILES string of the molecule is CN(C)S(=O)(=O)c1ccc2nnn(OCCOc3cccc(Cl)c3)c2c1. The van der Waals surface area contributed by atoms with Crippen LogP contribution in [-0.4, -0.2) is 55.2 Å². The molecule has 2 aromatic carbocycles. The number of benzene rings is 2. The molecule has 1 heterocycles. The van der Waals surface area contributed by atoms with Gasteiger partial charge in [-0.1, -0.05) is 22.5 Å². The fourth-order valence-corrected chi connectivity index (χ4v) is 3.29. The molecule has 3 rings (SSSR count). The fourth-order valence-electron chi connectivity index (χ4n) is 2.18. The van der Waals surface area contributed by atoms with Crippen LogP contribution in [0.3, 0.4) is 0 Å². The lowest BCUT2D eigenvalue weighted by molar-refractivity contribution is 0.0639. The number of ether oxygens (including phenoxy) is 1. The molecule has 0 bridgehead atoms. The molecule has 1 aromatic heterocycles. The van der Waals surface area contributed by atoms with Crippen molar-refractivity contribution in [2.24, 2.45) is 0 Å². The van der Waals surface area contributed by atoms with Crippen LogP contribution in [0.5, 0.6) is 5.75 Å². The van der Waals surface area contributed by atoms with Crippen molar-refractivity contribution < 1.29 is 18.0 Å². The second kappa shape index (κ2) is 7.48. The summed E-state index contributed by atoms with van der Waals surface area (Å²) in [4.78, 5) is 6.84. The highest BCUT2D eigenvalue weighted by Gasteiger charge is 2.19. The van der Waals surface area contributed by atoms with Crippen LogP contribution in [-0.2, 0) is 10.0 Å². The first kappa shape index (κ1) is 18.4. The Labute approximate surface area is 155 Å². The summed E-state index contributed by atoms with van der Waals surface area (Å²) in [5, 5.41) is 8.42. The molecular formula is C16H17ClN4O4S. The Balaban J connectivity index is 1.70. The van der Waals surface area contributed by atoms with Gasteiger partial charge in [0.05, 0.1) is 4.90 Å². The van der Waals surface area contributed by atoms with Gasteiger partial charge >= 0.3 is 0 Å². The minimum Gasteiger partial charge on any atom is -0.490 e. The first-order valence-electron chi connectivity index (χ1n) is 7.67. The predicted molar refractivity (Wildman–Crippen MR) is 96.8 cm³/mol. The summed E-state index contributed by atoms with van der Waals surface area (Å²) in [6, 6.07) is 11.6. The van der Waals surface area contributed by atoms with Gasteiger partial charge in [0.2, 0.25) is 10.0 Å². The number of sulfonamides is 1. The van der Waals surface area contributed by atoms with Crippen LogP contribution in [0.25, 0.3) is 11.0 Å². The molecule has 0 fully saturated rings. The van der Waals surface area contributed by atoms with Crippen molar-refractivity contribution in [2.45, 2.75) is 4.90 Å². The number of halogens is 1. The van der Waals surface area contributed by atoms with Gasteiger partial charge < -0.3 is 9.57 Å². The van der Waals surface area contributed by atoms with Gasteiger partial charge in [0, 0.05) is 19.1 Å². The fraction of sp³-hybridized carbons (Fsp3) is 0.250. The molecule has 0 aliphatic heterocycles. The van der Waals surface area contributed by atoms with E-state index in [1.54, 1.807) is 30.3 Å². The van der Waals surface area contributed by atoms with Crippen molar-refractivity contribution in [1.29, 1.82) is 0 Å². The molecule has 0 unspecified atom stereocenters. The summed E-state index contributed by atoms with van der Waals surface area (Å²) in [6.45, 7) is 0.451. The average molecular weight is 397 g/mol. The highest BCUT2D eigenvalue weighted by molar-refractivity contribution is 7.89. The van der Waals surface area contributed by atoms with E-state index in [2.05, 4.69) is 10.3 Å². The van der Waals surface area contributed by atoms with Crippen LogP contribution < -0.4 is 9.57 Å². The molecule has 0 spiro atoms. The molecule has 0 saturated carbocycles. The number of rotatable bonds is 7. The van der Waals surface area contributed by atoms with E-state index in [1.807, 2.05) is 0 Å². The lowest BCUT2D eigenvalue weighted by atomic mass is 10.3. The molecule has 0 N–H and O–H groups in total. The maximum Gasteiger partial charge on any atom is 0.242 e. The maximum absolute atomic E-state index is 12.3. The largest absolute Gasteiger partial charge is 0.490 e. The number of aromatic nitrogens is 3. The third-order valence-electron chi connectivity index (χ3n) is 3.53. The average Bonchev–Trinajstić information content (AvgIpc) is 3.01. The Kier molecular flexibility index (Phi) is 5.30. The van der Waals surface area contributed by atoms with Gasteiger partial charge in [0.25, 0.3) is 0 Å². The summed E-state index contributed by atoms with van der Waals surface area (Å²) >= 11 is 5.89. The van der Waals surface area contributed by atoms with Crippen molar-refractivity contribution in [3.8, 4) is 5.75 Å². The third-order valence-corrected chi connectivity index (χ3v) is 5.57. The standard InChI is InChI=1S/C16H17ClN4O4S/c1-20(2)26(22,23)14-6-7-15-16(11-14)21(19-18-15)25-9-8-24-13-5-3-4-12(17)10-13/h3-7,10-11H,8-9H2,1-2H3. The van der Waals surface area contributed by atoms with Crippen molar-refractivity contribution in [3.05, 3.63) is 47.5 Å². The lowest BCUT2D eigenvalue weighted by Crippen LogP contribution is -2.22. The predicted octanol–water partition coefficient (Wildman–Crippen LogP) is 1.84. The van der Waals surface area contributed by atoms with E-state index < -0.39 is 10.0 Å². The van der Waals surface area contributed by atoms with Gasteiger partial charge in [0.15, 0.2) is 6.61 Å². The van der Waals surface area contributed by atoms with E-state index in [-0.39, 0.29) is 18.1 Å². The zero-order valence-electron chi connectivity index (χ0n) is 14.2. The Morgan fingerprint density at radius 1 is 1.15 bits per heavy atom. The first-order chi connectivity index (χ1) is 12.4. The number of hydrogen-bond donors (Lipinski definition) is 0. The minimum absolute atomic E-state index is 0.136. The minimum atomic E-state index is -3.56. The molecule has 10 heteroatoms. The highest BCUT2D eigenvalue weighted by Crippen LogP contribution is 2.19. The third kappa shape index (κ3) is 3.90. The molecule has 0 radical (unpaired) electrons. The molecular weight excluding hydrogens is 380 g/mol. The smallest absolute Gasteiger partial charge is 0.242 e. The van der Waals surface area contributed by atoms with Gasteiger partial charge in [-0.2, -0.15) is 0 Å². The Hall–Kier alpha value is -2.36. The van der Waals surface area contributed by atoms with E-state index in [9.17, 15) is 8.42 Å². The van der Waals surface area contributed by atoms with Crippen LogP contribution in [0.15, 0.2) is 47.4 Å². The van der Waals surface area contributed by atoms with E-state index in [1.165, 1.54) is 31.1 Å². The summed E-state index contributed by atoms with van der Waals surface area (Å²) in [6.07, 6.45) is 0. The van der Waals surface area contributed by atoms with E-state index in [4.69, 9.17) is 21.2 Å². The summed E-state index contributed by atoms with van der Waals surface area (Å²) < 4.78 is 31.2. The zero-order chi connectivity index (χ0) is 18.7. The molecule has 8 nitrogen and oxygen atoms in total. The Bertz CT molecular complexity index is 1020. The zero-order valence-corrected chi connectivity index (χ0v) is 15.7. The van der Waals surface area contributed by atoms with Crippen LogP contribution in [0, 0.1) is 0 Å². The second-order valence-electron chi connectivity index (χ2n) is 5.54. The van der Waals surface area contributed by atoms with Crippen molar-refractivity contribution in [1.82, 2.24) is 19.5 Å². The topological polar surface area (TPSA) is 86.6 Å². The molecule has 0 atom stereocenters. The lowest BCUT2D eigenvalue weighted by Gasteiger charge is -2.11. The summed E-state index contributed by atoms with van der Waals surface area (Å²) in [5.74, 6) is 0.629. The molecule has 26 heavy (non-hydrogen) atoms. The van der Waals surface area contributed by atoms with Crippen LogP contribution in [0.2, 0.25) is 5.02 Å². The van der Waals surface area contributed by atoms with Gasteiger partial charge in [-0.3, -0.25) is 0 Å². The van der Waals surface area contributed by atoms with Crippen molar-refractivity contribution in [2.75, 3.05) is 27.3 Å². The van der Waals surface area contributed by atoms with E-state index in [0.29, 0.717) is 21.8 Å². The normalized spacial score (nSPS) is 11.8. The molecule has 3 aromatic rings. The summed E-state index contributed by atoms with van der Waals surface area (Å²) in [7, 11) is -0.615. The molecule has 0 aliphatic carbocycles. The Morgan fingerprint density at radius 2 is 1.96 bits per heavy atom. The molecule has 0 saturated heterocycles. The quantitative estimate of drug-likeness (QED) is 0.566.